The summed E-state index contributed by atoms with van der Waals surface area (Å²) >= 11 is 0. The molecular weight excluding hydrogens is 376 g/mol. The first kappa shape index (κ1) is 20.8. The fourth-order valence-electron chi connectivity index (χ4n) is 4.45. The molecule has 0 saturated carbocycles. The van der Waals surface area contributed by atoms with Gasteiger partial charge in [-0.2, -0.15) is 5.10 Å². The maximum absolute atomic E-state index is 6.18. The van der Waals surface area contributed by atoms with Crippen molar-refractivity contribution < 1.29 is 4.74 Å². The highest BCUT2D eigenvalue weighted by atomic mass is 16.5. The lowest BCUT2D eigenvalue weighted by atomic mass is 9.89. The fraction of sp³-hybridized carbons (Fsp3) is 0.609. The zero-order valence-corrected chi connectivity index (χ0v) is 18.4. The van der Waals surface area contributed by atoms with Crippen LogP contribution >= 0.6 is 0 Å². The number of hydrogen-bond donors (Lipinski definition) is 2. The molecule has 7 heteroatoms. The zero-order chi connectivity index (χ0) is 20.9. The summed E-state index contributed by atoms with van der Waals surface area (Å²) in [5, 5.41) is 11.5. The van der Waals surface area contributed by atoms with Gasteiger partial charge in [0.05, 0.1) is 12.1 Å². The van der Waals surface area contributed by atoms with Gasteiger partial charge in [-0.1, -0.05) is 29.8 Å². The lowest BCUT2D eigenvalue weighted by Crippen LogP contribution is -2.42. The molecule has 0 aliphatic carbocycles. The molecule has 162 valence electrons. The Morgan fingerprint density at radius 2 is 2.03 bits per heavy atom. The predicted octanol–water partition coefficient (Wildman–Crippen LogP) is 3.45. The monoisotopic (exact) mass is 410 g/mol. The minimum atomic E-state index is 0.117. The standard InChI is InChI=1S/C23H34N6O/c1-4-24-23(27-20-8-5-13-29-22(20)26-17(3)28-29)25-15-19-7-6-14-30-21(19)18-11-9-16(2)10-12-18/h9-12,19-21H,4-8,13-15H2,1-3H3,(H2,24,25,27). The molecule has 0 radical (unpaired) electrons. The Morgan fingerprint density at radius 3 is 2.83 bits per heavy atom. The molecule has 7 nitrogen and oxygen atoms in total. The SMILES string of the molecule is CCNC(=NCC1CCCOC1c1ccc(C)cc1)NC1CCCn2nc(C)nc21. The Morgan fingerprint density at radius 1 is 1.20 bits per heavy atom. The third-order valence-electron chi connectivity index (χ3n) is 5.97. The summed E-state index contributed by atoms with van der Waals surface area (Å²) in [6.45, 7) is 9.52. The number of fused-ring (bicyclic) bond motifs is 1. The van der Waals surface area contributed by atoms with Gasteiger partial charge in [0, 0.05) is 32.2 Å². The van der Waals surface area contributed by atoms with Crippen LogP contribution in [0, 0.1) is 19.8 Å². The van der Waals surface area contributed by atoms with Gasteiger partial charge in [-0.15, -0.1) is 0 Å². The first-order valence-electron chi connectivity index (χ1n) is 11.3. The highest BCUT2D eigenvalue weighted by Gasteiger charge is 2.28. The van der Waals surface area contributed by atoms with Gasteiger partial charge in [-0.25, -0.2) is 9.67 Å². The van der Waals surface area contributed by atoms with E-state index in [-0.39, 0.29) is 12.1 Å². The predicted molar refractivity (Wildman–Crippen MR) is 118 cm³/mol. The molecule has 2 aliphatic rings. The van der Waals surface area contributed by atoms with Crippen LogP contribution in [0.5, 0.6) is 0 Å². The number of benzene rings is 1. The van der Waals surface area contributed by atoms with Gasteiger partial charge >= 0.3 is 0 Å². The maximum atomic E-state index is 6.18. The van der Waals surface area contributed by atoms with Crippen molar-refractivity contribution in [3.05, 3.63) is 47.0 Å². The average Bonchev–Trinajstić information content (AvgIpc) is 3.14. The van der Waals surface area contributed by atoms with Gasteiger partial charge in [0.1, 0.15) is 11.6 Å². The van der Waals surface area contributed by atoms with Crippen molar-refractivity contribution >= 4 is 5.96 Å². The lowest BCUT2D eigenvalue weighted by molar-refractivity contribution is -0.0250. The van der Waals surface area contributed by atoms with E-state index < -0.39 is 0 Å². The molecule has 1 aromatic heterocycles. The number of guanidine groups is 1. The van der Waals surface area contributed by atoms with Gasteiger partial charge in [-0.05, 0) is 52.0 Å². The average molecular weight is 411 g/mol. The molecule has 0 spiro atoms. The smallest absolute Gasteiger partial charge is 0.191 e. The van der Waals surface area contributed by atoms with E-state index in [1.807, 2.05) is 11.6 Å². The molecule has 2 N–H and O–H groups in total. The molecule has 4 rings (SSSR count). The van der Waals surface area contributed by atoms with E-state index in [4.69, 9.17) is 9.73 Å². The van der Waals surface area contributed by atoms with Crippen LogP contribution < -0.4 is 10.6 Å². The molecule has 0 amide bonds. The summed E-state index contributed by atoms with van der Waals surface area (Å²) in [6, 6.07) is 8.87. The molecular formula is C23H34N6O. The number of aryl methyl sites for hydroxylation is 3. The van der Waals surface area contributed by atoms with Crippen LogP contribution in [0.1, 0.15) is 67.5 Å². The Balaban J connectivity index is 1.47. The molecule has 0 bridgehead atoms. The molecule has 30 heavy (non-hydrogen) atoms. The Bertz CT molecular complexity index is 859. The van der Waals surface area contributed by atoms with Crippen LogP contribution in [0.25, 0.3) is 0 Å². The number of hydrogen-bond acceptors (Lipinski definition) is 4. The number of nitrogens with zero attached hydrogens (tertiary/aromatic N) is 4. The molecule has 3 heterocycles. The van der Waals surface area contributed by atoms with Gasteiger partial charge in [0.25, 0.3) is 0 Å². The van der Waals surface area contributed by atoms with Crippen molar-refractivity contribution in [2.45, 2.75) is 65.1 Å². The Hall–Kier alpha value is -2.41. The van der Waals surface area contributed by atoms with Crippen LogP contribution in [-0.4, -0.2) is 40.4 Å². The summed E-state index contributed by atoms with van der Waals surface area (Å²) in [4.78, 5) is 9.60. The Labute approximate surface area is 179 Å². The van der Waals surface area contributed by atoms with E-state index in [9.17, 15) is 0 Å². The third kappa shape index (κ3) is 4.83. The number of aliphatic imine (C=N–C) groups is 1. The first-order valence-corrected chi connectivity index (χ1v) is 11.3. The van der Waals surface area contributed by atoms with Gasteiger partial charge in [0.2, 0.25) is 0 Å². The Kier molecular flexibility index (Phi) is 6.67. The van der Waals surface area contributed by atoms with Crippen molar-refractivity contribution in [2.24, 2.45) is 10.9 Å². The number of nitrogens with one attached hydrogen (secondary N) is 2. The summed E-state index contributed by atoms with van der Waals surface area (Å²) in [7, 11) is 0. The molecule has 3 atom stereocenters. The van der Waals surface area contributed by atoms with Crippen molar-refractivity contribution in [3.8, 4) is 0 Å². The highest BCUT2D eigenvalue weighted by Crippen LogP contribution is 2.34. The zero-order valence-electron chi connectivity index (χ0n) is 18.4. The molecule has 1 saturated heterocycles. The molecule has 2 aromatic rings. The van der Waals surface area contributed by atoms with E-state index in [1.54, 1.807) is 0 Å². The van der Waals surface area contributed by atoms with Crippen molar-refractivity contribution in [1.29, 1.82) is 0 Å². The second kappa shape index (κ2) is 9.60. The van der Waals surface area contributed by atoms with Crippen molar-refractivity contribution in [1.82, 2.24) is 25.4 Å². The van der Waals surface area contributed by atoms with Gasteiger partial charge < -0.3 is 15.4 Å². The number of rotatable bonds is 5. The van der Waals surface area contributed by atoms with E-state index in [0.29, 0.717) is 5.92 Å². The van der Waals surface area contributed by atoms with Crippen LogP contribution in [0.4, 0.5) is 0 Å². The van der Waals surface area contributed by atoms with Crippen molar-refractivity contribution in [3.63, 3.8) is 0 Å². The van der Waals surface area contributed by atoms with Crippen LogP contribution in [-0.2, 0) is 11.3 Å². The fourth-order valence-corrected chi connectivity index (χ4v) is 4.45. The molecule has 3 unspecified atom stereocenters. The second-order valence-corrected chi connectivity index (χ2v) is 8.40. The normalized spacial score (nSPS) is 24.4. The van der Waals surface area contributed by atoms with E-state index >= 15 is 0 Å². The molecule has 2 aliphatic heterocycles. The molecule has 1 aromatic carbocycles. The van der Waals surface area contributed by atoms with E-state index in [2.05, 4.69) is 58.8 Å². The van der Waals surface area contributed by atoms with E-state index in [0.717, 1.165) is 69.5 Å². The minimum Gasteiger partial charge on any atom is -0.373 e. The van der Waals surface area contributed by atoms with Crippen LogP contribution in [0.3, 0.4) is 0 Å². The summed E-state index contributed by atoms with van der Waals surface area (Å²) in [5.74, 6) is 3.09. The highest BCUT2D eigenvalue weighted by molar-refractivity contribution is 5.80. The molecule has 1 fully saturated rings. The maximum Gasteiger partial charge on any atom is 0.191 e. The summed E-state index contributed by atoms with van der Waals surface area (Å²) < 4.78 is 8.21. The van der Waals surface area contributed by atoms with Crippen molar-refractivity contribution in [2.75, 3.05) is 19.7 Å². The van der Waals surface area contributed by atoms with Gasteiger partial charge in [0.15, 0.2) is 5.96 Å². The topological polar surface area (TPSA) is 76.4 Å². The minimum absolute atomic E-state index is 0.117. The first-order chi connectivity index (χ1) is 14.6. The van der Waals surface area contributed by atoms with Crippen LogP contribution in [0.2, 0.25) is 0 Å². The summed E-state index contributed by atoms with van der Waals surface area (Å²) in [5.41, 5.74) is 2.53. The second-order valence-electron chi connectivity index (χ2n) is 8.40. The van der Waals surface area contributed by atoms with E-state index in [1.165, 1.54) is 11.1 Å². The largest absolute Gasteiger partial charge is 0.373 e. The van der Waals surface area contributed by atoms with Crippen LogP contribution in [0.15, 0.2) is 29.3 Å². The summed E-state index contributed by atoms with van der Waals surface area (Å²) in [6.07, 6.45) is 4.49. The van der Waals surface area contributed by atoms with Gasteiger partial charge in [-0.3, -0.25) is 4.99 Å². The lowest BCUT2D eigenvalue weighted by Gasteiger charge is -2.31. The quantitative estimate of drug-likeness (QED) is 0.583. The third-order valence-corrected chi connectivity index (χ3v) is 5.97. The number of aromatic nitrogens is 3. The number of ether oxygens (including phenoxy) is 1.